The van der Waals surface area contributed by atoms with Gasteiger partial charge in [0, 0.05) is 25.5 Å². The lowest BCUT2D eigenvalue weighted by Crippen LogP contribution is -2.33. The molecule has 0 spiro atoms. The van der Waals surface area contributed by atoms with Gasteiger partial charge in [-0.05, 0) is 36.3 Å². The first kappa shape index (κ1) is 20.9. The smallest absolute Gasteiger partial charge is 0.260 e. The zero-order valence-corrected chi connectivity index (χ0v) is 17.4. The van der Waals surface area contributed by atoms with E-state index in [2.05, 4.69) is 24.1 Å². The number of hydrogen-bond acceptors (Lipinski definition) is 3. The monoisotopic (exact) mass is 393 g/mol. The Bertz CT molecular complexity index is 909. The predicted octanol–water partition coefficient (Wildman–Crippen LogP) is 3.64. The van der Waals surface area contributed by atoms with Gasteiger partial charge in [-0.15, -0.1) is 0 Å². The Hall–Kier alpha value is -2.82. The van der Waals surface area contributed by atoms with Crippen LogP contribution >= 0.6 is 0 Å². The van der Waals surface area contributed by atoms with Crippen molar-refractivity contribution in [2.75, 3.05) is 13.6 Å². The van der Waals surface area contributed by atoms with Gasteiger partial charge in [-0.3, -0.25) is 9.59 Å². The molecule has 1 heterocycles. The fraction of sp³-hybridized carbons (Fsp3) is 0.417. The molecule has 0 saturated heterocycles. The van der Waals surface area contributed by atoms with E-state index >= 15 is 0 Å². The number of rotatable bonds is 7. The molecule has 1 fully saturated rings. The van der Waals surface area contributed by atoms with Crippen molar-refractivity contribution in [2.45, 2.75) is 39.2 Å². The van der Waals surface area contributed by atoms with E-state index in [-0.39, 0.29) is 11.5 Å². The van der Waals surface area contributed by atoms with Gasteiger partial charge in [0.2, 0.25) is 0 Å². The fourth-order valence-corrected chi connectivity index (χ4v) is 3.88. The van der Waals surface area contributed by atoms with E-state index in [1.54, 1.807) is 23.9 Å². The molecule has 0 bridgehead atoms. The number of amides is 1. The van der Waals surface area contributed by atoms with Crippen molar-refractivity contribution in [3.63, 3.8) is 0 Å². The number of pyridine rings is 1. The van der Waals surface area contributed by atoms with Crippen LogP contribution in [0, 0.1) is 11.8 Å². The summed E-state index contributed by atoms with van der Waals surface area (Å²) < 4.78 is 1.59. The summed E-state index contributed by atoms with van der Waals surface area (Å²) >= 11 is 0. The van der Waals surface area contributed by atoms with Crippen LogP contribution < -0.4 is 16.2 Å². The van der Waals surface area contributed by atoms with Crippen LogP contribution in [0.4, 0.5) is 0 Å². The molecule has 29 heavy (non-hydrogen) atoms. The third-order valence-electron chi connectivity index (χ3n) is 5.86. The third kappa shape index (κ3) is 5.37. The SMILES string of the molecule is C=C(NC)c1cc(C(=O)NCC2CCC(C)CC2)cn(Cc2ccccc2)c1=O. The summed E-state index contributed by atoms with van der Waals surface area (Å²) in [5.74, 6) is 1.19. The van der Waals surface area contributed by atoms with Crippen LogP contribution in [0.5, 0.6) is 0 Å². The highest BCUT2D eigenvalue weighted by molar-refractivity contribution is 5.94. The van der Waals surface area contributed by atoms with Crippen molar-refractivity contribution >= 4 is 11.6 Å². The first-order valence-corrected chi connectivity index (χ1v) is 10.4. The summed E-state index contributed by atoms with van der Waals surface area (Å²) in [4.78, 5) is 25.8. The summed E-state index contributed by atoms with van der Waals surface area (Å²) in [6, 6.07) is 11.4. The Balaban J connectivity index is 1.81. The molecule has 2 aromatic rings. The van der Waals surface area contributed by atoms with E-state index in [4.69, 9.17) is 0 Å². The highest BCUT2D eigenvalue weighted by Crippen LogP contribution is 2.27. The molecular weight excluding hydrogens is 362 g/mol. The number of aromatic nitrogens is 1. The molecule has 0 unspecified atom stereocenters. The van der Waals surface area contributed by atoms with E-state index in [0.717, 1.165) is 24.3 Å². The minimum atomic E-state index is -0.161. The van der Waals surface area contributed by atoms with Crippen molar-refractivity contribution in [1.82, 2.24) is 15.2 Å². The molecule has 0 radical (unpaired) electrons. The van der Waals surface area contributed by atoms with E-state index in [0.29, 0.717) is 35.8 Å². The van der Waals surface area contributed by atoms with Gasteiger partial charge in [-0.2, -0.15) is 0 Å². The van der Waals surface area contributed by atoms with Crippen LogP contribution in [0.15, 0.2) is 54.0 Å². The summed E-state index contributed by atoms with van der Waals surface area (Å²) in [6.45, 7) is 7.31. The van der Waals surface area contributed by atoms with E-state index in [1.807, 2.05) is 30.3 Å². The molecule has 3 rings (SSSR count). The van der Waals surface area contributed by atoms with E-state index in [1.165, 1.54) is 12.8 Å². The molecule has 5 heteroatoms. The van der Waals surface area contributed by atoms with Crippen LogP contribution in [0.25, 0.3) is 5.70 Å². The molecule has 0 aliphatic heterocycles. The lowest BCUT2D eigenvalue weighted by Gasteiger charge is -2.26. The van der Waals surface area contributed by atoms with Crippen LogP contribution in [0.3, 0.4) is 0 Å². The number of hydrogen-bond donors (Lipinski definition) is 2. The van der Waals surface area contributed by atoms with Crippen LogP contribution in [-0.4, -0.2) is 24.1 Å². The molecule has 1 aromatic heterocycles. The molecular formula is C24H31N3O2. The molecule has 154 valence electrons. The lowest BCUT2D eigenvalue weighted by atomic mass is 9.83. The lowest BCUT2D eigenvalue weighted by molar-refractivity contribution is 0.0941. The van der Waals surface area contributed by atoms with Crippen molar-refractivity contribution in [3.05, 3.63) is 76.2 Å². The third-order valence-corrected chi connectivity index (χ3v) is 5.86. The van der Waals surface area contributed by atoms with Gasteiger partial charge in [0.25, 0.3) is 11.5 Å². The molecule has 1 saturated carbocycles. The number of nitrogens with one attached hydrogen (secondary N) is 2. The summed E-state index contributed by atoms with van der Waals surface area (Å²) in [5, 5.41) is 6.00. The highest BCUT2D eigenvalue weighted by Gasteiger charge is 2.20. The summed E-state index contributed by atoms with van der Waals surface area (Å²) in [6.07, 6.45) is 6.44. The average molecular weight is 394 g/mol. The predicted molar refractivity (Wildman–Crippen MR) is 118 cm³/mol. The normalized spacial score (nSPS) is 18.8. The number of benzene rings is 1. The van der Waals surface area contributed by atoms with Gasteiger partial charge >= 0.3 is 0 Å². The van der Waals surface area contributed by atoms with Crippen molar-refractivity contribution in [3.8, 4) is 0 Å². The zero-order chi connectivity index (χ0) is 20.8. The summed E-state index contributed by atoms with van der Waals surface area (Å²) in [5.41, 5.74) is 2.25. The van der Waals surface area contributed by atoms with E-state index < -0.39 is 0 Å². The average Bonchev–Trinajstić information content (AvgIpc) is 2.74. The second-order valence-corrected chi connectivity index (χ2v) is 8.13. The Kier molecular flexibility index (Phi) is 6.91. The van der Waals surface area contributed by atoms with Gasteiger partial charge in [0.05, 0.1) is 17.7 Å². The van der Waals surface area contributed by atoms with Gasteiger partial charge in [0.15, 0.2) is 0 Å². The quantitative estimate of drug-likeness (QED) is 0.755. The molecule has 1 aliphatic rings. The van der Waals surface area contributed by atoms with E-state index in [9.17, 15) is 9.59 Å². The first-order valence-electron chi connectivity index (χ1n) is 10.4. The molecule has 5 nitrogen and oxygen atoms in total. The fourth-order valence-electron chi connectivity index (χ4n) is 3.88. The Morgan fingerprint density at radius 2 is 1.86 bits per heavy atom. The van der Waals surface area contributed by atoms with Crippen molar-refractivity contribution in [2.24, 2.45) is 11.8 Å². The molecule has 1 aromatic carbocycles. The van der Waals surface area contributed by atoms with Crippen LogP contribution in [0.1, 0.15) is 54.1 Å². The number of carbonyl (C=O) groups is 1. The second-order valence-electron chi connectivity index (χ2n) is 8.13. The maximum absolute atomic E-state index is 12.9. The Morgan fingerprint density at radius 1 is 1.17 bits per heavy atom. The molecule has 1 amide bonds. The minimum absolute atomic E-state index is 0.143. The largest absolute Gasteiger partial charge is 0.388 e. The van der Waals surface area contributed by atoms with Crippen molar-refractivity contribution in [1.29, 1.82) is 0 Å². The Morgan fingerprint density at radius 3 is 2.52 bits per heavy atom. The van der Waals surface area contributed by atoms with Crippen LogP contribution in [0.2, 0.25) is 0 Å². The van der Waals surface area contributed by atoms with Gasteiger partial charge in [0.1, 0.15) is 0 Å². The number of nitrogens with zero attached hydrogens (tertiary/aromatic N) is 1. The highest BCUT2D eigenvalue weighted by atomic mass is 16.2. The summed E-state index contributed by atoms with van der Waals surface area (Å²) in [7, 11) is 1.72. The first-order chi connectivity index (χ1) is 14.0. The Labute approximate surface area is 172 Å². The maximum atomic E-state index is 12.9. The standard InChI is InChI=1S/C24H31N3O2/c1-17-9-11-19(12-10-17)14-26-23(28)21-13-22(18(2)25-3)24(29)27(16-21)15-20-7-5-4-6-8-20/h4-8,13,16-17,19,25H,2,9-12,14-15H2,1,3H3,(H,26,28). The molecule has 0 atom stereocenters. The maximum Gasteiger partial charge on any atom is 0.260 e. The topological polar surface area (TPSA) is 63.1 Å². The molecule has 2 N–H and O–H groups in total. The van der Waals surface area contributed by atoms with Gasteiger partial charge in [-0.25, -0.2) is 0 Å². The van der Waals surface area contributed by atoms with Crippen LogP contribution in [-0.2, 0) is 6.54 Å². The van der Waals surface area contributed by atoms with Crippen molar-refractivity contribution < 1.29 is 4.79 Å². The number of carbonyl (C=O) groups excluding carboxylic acids is 1. The second kappa shape index (κ2) is 9.59. The zero-order valence-electron chi connectivity index (χ0n) is 17.4. The minimum Gasteiger partial charge on any atom is -0.388 e. The van der Waals surface area contributed by atoms with Gasteiger partial charge in [-0.1, -0.05) is 56.7 Å². The molecule has 1 aliphatic carbocycles. The van der Waals surface area contributed by atoms with Gasteiger partial charge < -0.3 is 15.2 Å².